The number of hydrogen-bond acceptors (Lipinski definition) is 4. The summed E-state index contributed by atoms with van der Waals surface area (Å²) >= 11 is 0. The normalized spacial score (nSPS) is 38.2. The van der Waals surface area contributed by atoms with Gasteiger partial charge in [-0.1, -0.05) is 13.8 Å². The Labute approximate surface area is 101 Å². The van der Waals surface area contributed by atoms with Crippen LogP contribution in [0.3, 0.4) is 0 Å². The van der Waals surface area contributed by atoms with Crippen LogP contribution < -0.4 is 0 Å². The molecule has 4 heteroatoms. The predicted octanol–water partition coefficient (Wildman–Crippen LogP) is 1.62. The molecule has 0 aromatic heterocycles. The summed E-state index contributed by atoms with van der Waals surface area (Å²) in [5, 5.41) is 0. The van der Waals surface area contributed by atoms with Crippen LogP contribution in [0.2, 0.25) is 0 Å². The maximum Gasteiger partial charge on any atom is 0.334 e. The van der Waals surface area contributed by atoms with Gasteiger partial charge in [-0.05, 0) is 19.3 Å². The molecule has 4 nitrogen and oxygen atoms in total. The molecule has 0 N–H and O–H groups in total. The van der Waals surface area contributed by atoms with Crippen LogP contribution in [0.5, 0.6) is 0 Å². The minimum Gasteiger partial charge on any atom is -0.464 e. The van der Waals surface area contributed by atoms with Crippen LogP contribution in [0.15, 0.2) is 4.99 Å². The van der Waals surface area contributed by atoms with Crippen molar-refractivity contribution in [2.24, 2.45) is 22.2 Å². The lowest BCUT2D eigenvalue weighted by molar-refractivity contribution is -0.152. The Kier molecular flexibility index (Phi) is 2.64. The Morgan fingerprint density at radius 3 is 2.76 bits per heavy atom. The van der Waals surface area contributed by atoms with E-state index in [1.54, 1.807) is 20.1 Å². The van der Waals surface area contributed by atoms with E-state index >= 15 is 0 Å². The van der Waals surface area contributed by atoms with Crippen molar-refractivity contribution in [3.8, 4) is 0 Å². The molecule has 94 valence electrons. The van der Waals surface area contributed by atoms with Gasteiger partial charge in [-0.3, -0.25) is 9.79 Å². The van der Waals surface area contributed by atoms with Crippen molar-refractivity contribution in [1.29, 1.82) is 0 Å². The summed E-state index contributed by atoms with van der Waals surface area (Å²) in [5.41, 5.74) is -1.11. The summed E-state index contributed by atoms with van der Waals surface area (Å²) in [7, 11) is 0. The lowest BCUT2D eigenvalue weighted by atomic mass is 9.75. The molecule has 3 atom stereocenters. The molecule has 1 unspecified atom stereocenters. The fraction of sp³-hybridized carbons (Fsp3) is 0.769. The third kappa shape index (κ3) is 1.61. The fourth-order valence-electron chi connectivity index (χ4n) is 3.05. The first-order valence-electron chi connectivity index (χ1n) is 6.08. The number of ketones is 1. The van der Waals surface area contributed by atoms with Crippen LogP contribution >= 0.6 is 0 Å². The third-order valence-electron chi connectivity index (χ3n) is 4.04. The van der Waals surface area contributed by atoms with Gasteiger partial charge < -0.3 is 4.74 Å². The van der Waals surface area contributed by atoms with Gasteiger partial charge in [-0.2, -0.15) is 0 Å². The zero-order chi connectivity index (χ0) is 12.8. The van der Waals surface area contributed by atoms with Gasteiger partial charge in [0.15, 0.2) is 5.54 Å². The molecule has 0 saturated heterocycles. The van der Waals surface area contributed by atoms with Gasteiger partial charge in [-0.15, -0.1) is 0 Å². The summed E-state index contributed by atoms with van der Waals surface area (Å²) in [6.45, 7) is 7.90. The van der Waals surface area contributed by atoms with Crippen molar-refractivity contribution >= 4 is 18.0 Å². The topological polar surface area (TPSA) is 55.7 Å². The number of esters is 1. The minimum absolute atomic E-state index is 0.0596. The number of aliphatic imine (C=N–C) groups is 1. The van der Waals surface area contributed by atoms with Crippen LogP contribution in [-0.4, -0.2) is 30.1 Å². The quantitative estimate of drug-likeness (QED) is 0.686. The number of fused-ring (bicyclic) bond motifs is 1. The van der Waals surface area contributed by atoms with Gasteiger partial charge in [0, 0.05) is 18.6 Å². The average molecular weight is 237 g/mol. The first-order valence-corrected chi connectivity index (χ1v) is 6.08. The maximum atomic E-state index is 12.1. The van der Waals surface area contributed by atoms with Crippen molar-refractivity contribution in [2.75, 3.05) is 6.61 Å². The fourth-order valence-corrected chi connectivity index (χ4v) is 3.05. The third-order valence-corrected chi connectivity index (χ3v) is 4.04. The zero-order valence-corrected chi connectivity index (χ0v) is 10.8. The van der Waals surface area contributed by atoms with E-state index in [4.69, 9.17) is 4.74 Å². The molecule has 1 saturated carbocycles. The van der Waals surface area contributed by atoms with E-state index < -0.39 is 5.54 Å². The van der Waals surface area contributed by atoms with E-state index in [2.05, 4.69) is 18.8 Å². The predicted molar refractivity (Wildman–Crippen MR) is 63.9 cm³/mol. The molecule has 1 heterocycles. The van der Waals surface area contributed by atoms with E-state index in [9.17, 15) is 9.59 Å². The lowest BCUT2D eigenvalue weighted by Gasteiger charge is -2.27. The largest absolute Gasteiger partial charge is 0.464 e. The molecule has 1 aliphatic heterocycles. The van der Waals surface area contributed by atoms with Crippen LogP contribution in [0, 0.1) is 17.3 Å². The van der Waals surface area contributed by atoms with Crippen molar-refractivity contribution in [1.82, 2.24) is 0 Å². The first-order chi connectivity index (χ1) is 7.83. The molecular formula is C13H19NO3. The Bertz CT molecular complexity index is 399. The zero-order valence-electron chi connectivity index (χ0n) is 10.8. The summed E-state index contributed by atoms with van der Waals surface area (Å²) in [6, 6.07) is 0. The molecule has 0 amide bonds. The molecule has 1 fully saturated rings. The second kappa shape index (κ2) is 3.65. The molecule has 0 spiro atoms. The Balaban J connectivity index is 2.33. The van der Waals surface area contributed by atoms with E-state index in [-0.39, 0.29) is 29.0 Å². The highest BCUT2D eigenvalue weighted by molar-refractivity contribution is 6.00. The minimum atomic E-state index is -1.01. The summed E-state index contributed by atoms with van der Waals surface area (Å²) in [4.78, 5) is 28.4. The Morgan fingerprint density at radius 2 is 2.18 bits per heavy atom. The van der Waals surface area contributed by atoms with E-state index in [1.807, 2.05) is 0 Å². The smallest absolute Gasteiger partial charge is 0.334 e. The van der Waals surface area contributed by atoms with Crippen LogP contribution in [-0.2, 0) is 14.3 Å². The molecule has 0 aromatic carbocycles. The van der Waals surface area contributed by atoms with Gasteiger partial charge in [0.1, 0.15) is 5.78 Å². The Hall–Kier alpha value is -1.19. The SMILES string of the molecule is CCOC(=O)C1(C)N=C[C@H]2[C@H]1C(=O)CC2(C)C. The van der Waals surface area contributed by atoms with Crippen LogP contribution in [0.4, 0.5) is 0 Å². The number of Topliss-reactive ketones (excluding diaryl/α,β-unsaturated/α-hetero) is 1. The molecule has 0 aromatic rings. The van der Waals surface area contributed by atoms with Gasteiger partial charge in [-0.25, -0.2) is 4.79 Å². The van der Waals surface area contributed by atoms with Crippen LogP contribution in [0.25, 0.3) is 0 Å². The van der Waals surface area contributed by atoms with Crippen LogP contribution in [0.1, 0.15) is 34.1 Å². The number of nitrogens with zero attached hydrogens (tertiary/aromatic N) is 1. The maximum absolute atomic E-state index is 12.1. The second-order valence-corrected chi connectivity index (χ2v) is 5.78. The van der Waals surface area contributed by atoms with Gasteiger partial charge >= 0.3 is 5.97 Å². The summed E-state index contributed by atoms with van der Waals surface area (Å²) in [5.74, 6) is -0.524. The molecule has 2 rings (SSSR count). The van der Waals surface area contributed by atoms with Crippen molar-refractivity contribution in [2.45, 2.75) is 39.7 Å². The van der Waals surface area contributed by atoms with E-state index in [0.29, 0.717) is 13.0 Å². The van der Waals surface area contributed by atoms with E-state index in [0.717, 1.165) is 0 Å². The van der Waals surface area contributed by atoms with E-state index in [1.165, 1.54) is 0 Å². The van der Waals surface area contributed by atoms with Gasteiger partial charge in [0.05, 0.1) is 12.5 Å². The standard InChI is InChI=1S/C13H19NO3/c1-5-17-11(16)13(4)10-8(7-14-13)12(2,3)6-9(10)15/h7-8,10H,5-6H2,1-4H3/t8-,10-,13?/m0/s1. The molecule has 0 radical (unpaired) electrons. The van der Waals surface area contributed by atoms with Crippen molar-refractivity contribution in [3.05, 3.63) is 0 Å². The average Bonchev–Trinajstić information content (AvgIpc) is 2.67. The highest BCUT2D eigenvalue weighted by Gasteiger charge is 2.61. The number of carbonyl (C=O) groups excluding carboxylic acids is 2. The number of rotatable bonds is 2. The Morgan fingerprint density at radius 1 is 1.53 bits per heavy atom. The molecule has 17 heavy (non-hydrogen) atoms. The molecule has 2 aliphatic rings. The number of carbonyl (C=O) groups is 2. The molecule has 1 aliphatic carbocycles. The van der Waals surface area contributed by atoms with Crippen molar-refractivity contribution in [3.63, 3.8) is 0 Å². The number of hydrogen-bond donors (Lipinski definition) is 0. The first kappa shape index (κ1) is 12.3. The number of ether oxygens (including phenoxy) is 1. The van der Waals surface area contributed by atoms with Gasteiger partial charge in [0.2, 0.25) is 0 Å². The highest BCUT2D eigenvalue weighted by atomic mass is 16.5. The van der Waals surface area contributed by atoms with Gasteiger partial charge in [0.25, 0.3) is 0 Å². The van der Waals surface area contributed by atoms with Crippen molar-refractivity contribution < 1.29 is 14.3 Å². The highest BCUT2D eigenvalue weighted by Crippen LogP contribution is 2.51. The lowest BCUT2D eigenvalue weighted by Crippen LogP contribution is -2.44. The summed E-state index contributed by atoms with van der Waals surface area (Å²) < 4.78 is 5.05. The second-order valence-electron chi connectivity index (χ2n) is 5.78. The molecule has 0 bridgehead atoms. The monoisotopic (exact) mass is 237 g/mol. The summed E-state index contributed by atoms with van der Waals surface area (Å²) in [6.07, 6.45) is 2.30. The molecular weight excluding hydrogens is 218 g/mol.